The zero-order chi connectivity index (χ0) is 15.9. The summed E-state index contributed by atoms with van der Waals surface area (Å²) in [7, 11) is 0. The van der Waals surface area contributed by atoms with Crippen LogP contribution in [0.2, 0.25) is 0 Å². The minimum atomic E-state index is -0.655. The molecule has 122 valence electrons. The van der Waals surface area contributed by atoms with Crippen LogP contribution in [0.25, 0.3) is 0 Å². The number of fused-ring (bicyclic) bond motifs is 1. The summed E-state index contributed by atoms with van der Waals surface area (Å²) < 4.78 is 17.0. The van der Waals surface area contributed by atoms with Crippen LogP contribution in [-0.4, -0.2) is 23.4 Å². The first-order valence-corrected chi connectivity index (χ1v) is 8.34. The van der Waals surface area contributed by atoms with Crippen LogP contribution < -0.4 is 4.74 Å². The largest absolute Gasteiger partial charge is 0.478 e. The molecule has 0 amide bonds. The third-order valence-corrected chi connectivity index (χ3v) is 4.69. The van der Waals surface area contributed by atoms with E-state index in [4.69, 9.17) is 14.0 Å². The first kappa shape index (κ1) is 14.7. The van der Waals surface area contributed by atoms with Crippen molar-refractivity contribution < 1.29 is 14.0 Å². The predicted molar refractivity (Wildman–Crippen MR) is 84.6 cm³/mol. The molecule has 5 heteroatoms. The molecule has 1 aromatic heterocycles. The van der Waals surface area contributed by atoms with Gasteiger partial charge in [0.05, 0.1) is 6.61 Å². The average molecular weight is 314 g/mol. The van der Waals surface area contributed by atoms with Gasteiger partial charge in [0.2, 0.25) is 0 Å². The monoisotopic (exact) mass is 314 g/mol. The summed E-state index contributed by atoms with van der Waals surface area (Å²) in [5.41, 5.74) is 2.18. The van der Waals surface area contributed by atoms with E-state index in [1.165, 1.54) is 24.0 Å². The Balaban J connectivity index is 1.53. The van der Waals surface area contributed by atoms with E-state index in [0.717, 1.165) is 31.0 Å². The number of ether oxygens (including phenoxy) is 2. The van der Waals surface area contributed by atoms with Gasteiger partial charge < -0.3 is 14.0 Å². The molecule has 1 aliphatic heterocycles. The van der Waals surface area contributed by atoms with E-state index >= 15 is 0 Å². The van der Waals surface area contributed by atoms with E-state index < -0.39 is 5.60 Å². The average Bonchev–Trinajstić information content (AvgIpc) is 3.26. The zero-order valence-corrected chi connectivity index (χ0v) is 13.7. The Morgan fingerprint density at radius 3 is 2.91 bits per heavy atom. The van der Waals surface area contributed by atoms with Crippen molar-refractivity contribution in [2.75, 3.05) is 13.2 Å². The third-order valence-electron chi connectivity index (χ3n) is 4.69. The Morgan fingerprint density at radius 2 is 2.09 bits per heavy atom. The quantitative estimate of drug-likeness (QED) is 0.866. The first-order valence-electron chi connectivity index (χ1n) is 8.34. The molecule has 0 bridgehead atoms. The van der Waals surface area contributed by atoms with Crippen LogP contribution in [-0.2, 0) is 23.2 Å². The summed E-state index contributed by atoms with van der Waals surface area (Å²) in [5.74, 6) is 2.34. The van der Waals surface area contributed by atoms with Crippen molar-refractivity contribution in [3.8, 4) is 5.75 Å². The SMILES string of the molecule is CC(C)(Oc1ccc2c(c1)CCC2)c1nc([C@@H]2CCOC2)no1. The molecule has 0 saturated carbocycles. The van der Waals surface area contributed by atoms with Crippen LogP contribution in [0.15, 0.2) is 22.7 Å². The highest BCUT2D eigenvalue weighted by Gasteiger charge is 2.32. The third kappa shape index (κ3) is 2.85. The maximum Gasteiger partial charge on any atom is 0.270 e. The number of aryl methyl sites for hydroxylation is 2. The highest BCUT2D eigenvalue weighted by molar-refractivity contribution is 5.38. The van der Waals surface area contributed by atoms with Crippen LogP contribution in [0.4, 0.5) is 0 Å². The zero-order valence-electron chi connectivity index (χ0n) is 13.7. The Hall–Kier alpha value is -1.88. The number of hydrogen-bond acceptors (Lipinski definition) is 5. The lowest BCUT2D eigenvalue weighted by molar-refractivity contribution is 0.0691. The van der Waals surface area contributed by atoms with Gasteiger partial charge in [-0.2, -0.15) is 4.98 Å². The van der Waals surface area contributed by atoms with Crippen molar-refractivity contribution >= 4 is 0 Å². The van der Waals surface area contributed by atoms with E-state index in [1.54, 1.807) is 0 Å². The summed E-state index contributed by atoms with van der Waals surface area (Å²) in [6, 6.07) is 6.35. The normalized spacial score (nSPS) is 20.7. The van der Waals surface area contributed by atoms with Gasteiger partial charge in [-0.3, -0.25) is 0 Å². The number of benzene rings is 1. The number of aromatic nitrogens is 2. The van der Waals surface area contributed by atoms with Gasteiger partial charge >= 0.3 is 0 Å². The Kier molecular flexibility index (Phi) is 3.60. The van der Waals surface area contributed by atoms with Crippen LogP contribution in [0.3, 0.4) is 0 Å². The fourth-order valence-corrected chi connectivity index (χ4v) is 3.33. The lowest BCUT2D eigenvalue weighted by Gasteiger charge is -2.22. The van der Waals surface area contributed by atoms with Crippen molar-refractivity contribution in [2.45, 2.75) is 51.0 Å². The molecule has 5 nitrogen and oxygen atoms in total. The fraction of sp³-hybridized carbons (Fsp3) is 0.556. The molecule has 1 saturated heterocycles. The standard InChI is InChI=1S/C18H22N2O3/c1-18(2,17-19-16(20-23-17)14-8-9-21-11-14)22-15-7-6-12-4-3-5-13(12)10-15/h6-7,10,14H,3-5,8-9,11H2,1-2H3/t14-/m1/s1. The van der Waals surface area contributed by atoms with E-state index in [1.807, 2.05) is 19.9 Å². The van der Waals surface area contributed by atoms with Gasteiger partial charge in [-0.1, -0.05) is 11.2 Å². The Morgan fingerprint density at radius 1 is 1.22 bits per heavy atom. The van der Waals surface area contributed by atoms with Gasteiger partial charge in [-0.15, -0.1) is 0 Å². The molecule has 2 aliphatic rings. The molecule has 2 heterocycles. The summed E-state index contributed by atoms with van der Waals surface area (Å²) in [4.78, 5) is 4.55. The maximum absolute atomic E-state index is 6.16. The topological polar surface area (TPSA) is 57.4 Å². The highest BCUT2D eigenvalue weighted by atomic mass is 16.5. The number of rotatable bonds is 4. The first-order chi connectivity index (χ1) is 11.1. The van der Waals surface area contributed by atoms with Crippen LogP contribution in [0.5, 0.6) is 5.75 Å². The number of hydrogen-bond donors (Lipinski definition) is 0. The van der Waals surface area contributed by atoms with E-state index in [-0.39, 0.29) is 5.92 Å². The molecule has 0 N–H and O–H groups in total. The van der Waals surface area contributed by atoms with Crippen molar-refractivity contribution in [2.24, 2.45) is 0 Å². The van der Waals surface area contributed by atoms with Gasteiger partial charge in [0.1, 0.15) is 5.75 Å². The lowest BCUT2D eigenvalue weighted by Crippen LogP contribution is -2.26. The smallest absolute Gasteiger partial charge is 0.270 e. The van der Waals surface area contributed by atoms with Crippen LogP contribution in [0.1, 0.15) is 55.4 Å². The second-order valence-corrected chi connectivity index (χ2v) is 6.91. The van der Waals surface area contributed by atoms with E-state index in [0.29, 0.717) is 12.5 Å². The molecule has 1 fully saturated rings. The molecule has 1 aliphatic carbocycles. The summed E-state index contributed by atoms with van der Waals surface area (Å²) >= 11 is 0. The van der Waals surface area contributed by atoms with Gasteiger partial charge in [-0.25, -0.2) is 0 Å². The molecule has 0 unspecified atom stereocenters. The van der Waals surface area contributed by atoms with Crippen LogP contribution in [0, 0.1) is 0 Å². The van der Waals surface area contributed by atoms with Crippen molar-refractivity contribution in [1.29, 1.82) is 0 Å². The van der Waals surface area contributed by atoms with E-state index in [2.05, 4.69) is 22.3 Å². The molecular weight excluding hydrogens is 292 g/mol. The van der Waals surface area contributed by atoms with Crippen molar-refractivity contribution in [3.63, 3.8) is 0 Å². The van der Waals surface area contributed by atoms with Crippen molar-refractivity contribution in [3.05, 3.63) is 41.0 Å². The molecule has 1 atom stereocenters. The molecule has 2 aromatic rings. The molecule has 23 heavy (non-hydrogen) atoms. The minimum absolute atomic E-state index is 0.239. The van der Waals surface area contributed by atoms with Gasteiger partial charge in [0.25, 0.3) is 5.89 Å². The maximum atomic E-state index is 6.16. The lowest BCUT2D eigenvalue weighted by atomic mass is 10.1. The summed E-state index contributed by atoms with van der Waals surface area (Å²) in [6.07, 6.45) is 4.50. The molecular formula is C18H22N2O3. The highest BCUT2D eigenvalue weighted by Crippen LogP contribution is 2.32. The van der Waals surface area contributed by atoms with Crippen molar-refractivity contribution in [1.82, 2.24) is 10.1 Å². The second-order valence-electron chi connectivity index (χ2n) is 6.91. The molecule has 0 spiro atoms. The van der Waals surface area contributed by atoms with E-state index in [9.17, 15) is 0 Å². The molecule has 4 rings (SSSR count). The van der Waals surface area contributed by atoms with Gasteiger partial charge in [0.15, 0.2) is 11.4 Å². The Bertz CT molecular complexity index is 702. The molecule has 1 aromatic carbocycles. The van der Waals surface area contributed by atoms with Gasteiger partial charge in [-0.05, 0) is 62.8 Å². The second kappa shape index (κ2) is 5.64. The number of nitrogens with zero attached hydrogens (tertiary/aromatic N) is 2. The fourth-order valence-electron chi connectivity index (χ4n) is 3.33. The van der Waals surface area contributed by atoms with Gasteiger partial charge in [0, 0.05) is 12.5 Å². The van der Waals surface area contributed by atoms with Crippen LogP contribution >= 0.6 is 0 Å². The summed E-state index contributed by atoms with van der Waals surface area (Å²) in [5, 5.41) is 4.12. The summed E-state index contributed by atoms with van der Waals surface area (Å²) in [6.45, 7) is 5.36. The molecule has 0 radical (unpaired) electrons. The Labute approximate surface area is 136 Å². The minimum Gasteiger partial charge on any atom is -0.478 e. The predicted octanol–water partition coefficient (Wildman–Crippen LogP) is 3.38.